The molecule has 1 N–H and O–H groups in total. The van der Waals surface area contributed by atoms with Gasteiger partial charge in [0.15, 0.2) is 0 Å². The lowest BCUT2D eigenvalue weighted by atomic mass is 9.89. The van der Waals surface area contributed by atoms with Crippen LogP contribution in [0.15, 0.2) is 42.5 Å². The second-order valence-corrected chi connectivity index (χ2v) is 7.40. The Hall–Kier alpha value is -2.04. The van der Waals surface area contributed by atoms with E-state index in [4.69, 9.17) is 23.2 Å². The minimum Gasteiger partial charge on any atom is -0.341 e. The molecule has 0 spiro atoms. The summed E-state index contributed by atoms with van der Waals surface area (Å²) < 4.78 is 0. The second kappa shape index (κ2) is 8.11. The summed E-state index contributed by atoms with van der Waals surface area (Å²) in [6, 6.07) is 13.1. The quantitative estimate of drug-likeness (QED) is 0.814. The van der Waals surface area contributed by atoms with Crippen molar-refractivity contribution in [2.45, 2.75) is 25.8 Å². The van der Waals surface area contributed by atoms with Gasteiger partial charge in [-0.15, -0.1) is 0 Å². The Morgan fingerprint density at radius 1 is 1.19 bits per heavy atom. The maximum absolute atomic E-state index is 12.4. The van der Waals surface area contributed by atoms with Gasteiger partial charge < -0.3 is 10.2 Å². The summed E-state index contributed by atoms with van der Waals surface area (Å²) in [6.45, 7) is 0.454. The molecule has 0 saturated heterocycles. The number of amides is 2. The predicted octanol–water partition coefficient (Wildman–Crippen LogP) is 4.54. The molecule has 136 valence electrons. The minimum absolute atomic E-state index is 0.00253. The zero-order chi connectivity index (χ0) is 18.7. The maximum Gasteiger partial charge on any atom is 0.227 e. The van der Waals surface area contributed by atoms with Gasteiger partial charge in [0.1, 0.15) is 0 Å². The summed E-state index contributed by atoms with van der Waals surface area (Å²) in [7, 11) is 1.75. The molecule has 3 rings (SSSR count). The molecule has 26 heavy (non-hydrogen) atoms. The van der Waals surface area contributed by atoms with Gasteiger partial charge >= 0.3 is 0 Å². The Morgan fingerprint density at radius 3 is 2.73 bits per heavy atom. The van der Waals surface area contributed by atoms with Crippen molar-refractivity contribution in [3.8, 4) is 0 Å². The summed E-state index contributed by atoms with van der Waals surface area (Å²) in [4.78, 5) is 26.3. The highest BCUT2D eigenvalue weighted by Gasteiger charge is 2.26. The number of nitrogens with one attached hydrogen (secondary N) is 1. The molecule has 2 aromatic carbocycles. The third-order valence-corrected chi connectivity index (χ3v) is 5.39. The number of fused-ring (bicyclic) bond motifs is 1. The van der Waals surface area contributed by atoms with Crippen LogP contribution in [0, 0.1) is 5.92 Å². The van der Waals surface area contributed by atoms with Crippen LogP contribution in [0.1, 0.15) is 24.0 Å². The number of para-hydroxylation sites is 1. The topological polar surface area (TPSA) is 49.4 Å². The molecule has 1 heterocycles. The Labute approximate surface area is 163 Å². The molecule has 0 aliphatic carbocycles. The molecule has 0 saturated carbocycles. The molecule has 1 atom stereocenters. The van der Waals surface area contributed by atoms with Gasteiger partial charge in [0.2, 0.25) is 11.8 Å². The van der Waals surface area contributed by atoms with E-state index in [-0.39, 0.29) is 17.7 Å². The van der Waals surface area contributed by atoms with E-state index in [0.717, 1.165) is 16.8 Å². The number of carbonyl (C=O) groups is 2. The van der Waals surface area contributed by atoms with E-state index in [1.807, 2.05) is 30.3 Å². The monoisotopic (exact) mass is 390 g/mol. The van der Waals surface area contributed by atoms with Crippen LogP contribution >= 0.6 is 23.2 Å². The summed E-state index contributed by atoms with van der Waals surface area (Å²) >= 11 is 11.9. The zero-order valence-electron chi connectivity index (χ0n) is 14.5. The number of anilines is 1. The van der Waals surface area contributed by atoms with E-state index in [2.05, 4.69) is 5.32 Å². The van der Waals surface area contributed by atoms with Crippen LogP contribution in [-0.4, -0.2) is 23.8 Å². The highest BCUT2D eigenvalue weighted by Crippen LogP contribution is 2.28. The third-order valence-electron chi connectivity index (χ3n) is 4.65. The first-order valence-corrected chi connectivity index (χ1v) is 9.26. The summed E-state index contributed by atoms with van der Waals surface area (Å²) in [6.07, 6.45) is 1.54. The van der Waals surface area contributed by atoms with Gasteiger partial charge in [-0.1, -0.05) is 47.5 Å². The molecule has 2 amide bonds. The van der Waals surface area contributed by atoms with Crippen LogP contribution < -0.4 is 5.32 Å². The molecule has 1 unspecified atom stereocenters. The Kier molecular flexibility index (Phi) is 5.84. The fourth-order valence-electron chi connectivity index (χ4n) is 3.13. The normalized spacial score (nSPS) is 16.0. The number of halogens is 2. The number of hydrogen-bond donors (Lipinski definition) is 1. The Bertz CT molecular complexity index is 838. The van der Waals surface area contributed by atoms with Crippen LogP contribution in [0.3, 0.4) is 0 Å². The molecule has 0 bridgehead atoms. The SMILES string of the molecule is CN(Cc1ccc(Cl)c(Cl)c1)C(=O)CCC1Cc2ccccc2NC1=O. The Morgan fingerprint density at radius 2 is 1.96 bits per heavy atom. The van der Waals surface area contributed by atoms with Crippen molar-refractivity contribution in [2.75, 3.05) is 12.4 Å². The van der Waals surface area contributed by atoms with Crippen LogP contribution in [0.4, 0.5) is 5.69 Å². The third kappa shape index (κ3) is 4.37. The molecule has 1 aliphatic rings. The summed E-state index contributed by atoms with van der Waals surface area (Å²) in [5.74, 6) is -0.182. The molecule has 0 radical (unpaired) electrons. The Balaban J connectivity index is 1.55. The largest absolute Gasteiger partial charge is 0.341 e. The highest BCUT2D eigenvalue weighted by atomic mass is 35.5. The molecular formula is C20H20Cl2N2O2. The van der Waals surface area contributed by atoms with Crippen LogP contribution in [0.2, 0.25) is 10.0 Å². The van der Waals surface area contributed by atoms with Crippen molar-refractivity contribution in [2.24, 2.45) is 5.92 Å². The number of benzene rings is 2. The van der Waals surface area contributed by atoms with E-state index >= 15 is 0 Å². The lowest BCUT2D eigenvalue weighted by Gasteiger charge is -2.25. The first kappa shape index (κ1) is 18.7. The highest BCUT2D eigenvalue weighted by molar-refractivity contribution is 6.42. The van der Waals surface area contributed by atoms with Crippen LogP contribution in [-0.2, 0) is 22.6 Å². The molecule has 6 heteroatoms. The second-order valence-electron chi connectivity index (χ2n) is 6.58. The number of hydrogen-bond acceptors (Lipinski definition) is 2. The average Bonchev–Trinajstić information content (AvgIpc) is 2.62. The van der Waals surface area contributed by atoms with E-state index in [1.165, 1.54) is 0 Å². The first-order chi connectivity index (χ1) is 12.4. The van der Waals surface area contributed by atoms with Gasteiger partial charge in [-0.25, -0.2) is 0 Å². The first-order valence-electron chi connectivity index (χ1n) is 8.50. The van der Waals surface area contributed by atoms with Gasteiger partial charge in [-0.05, 0) is 42.2 Å². The van der Waals surface area contributed by atoms with Gasteiger partial charge in [0.05, 0.1) is 10.0 Å². The van der Waals surface area contributed by atoms with Gasteiger partial charge in [0, 0.05) is 31.6 Å². The maximum atomic E-state index is 12.4. The van der Waals surface area contributed by atoms with E-state index < -0.39 is 0 Å². The fraction of sp³-hybridized carbons (Fsp3) is 0.300. The van der Waals surface area contributed by atoms with E-state index in [0.29, 0.717) is 35.9 Å². The van der Waals surface area contributed by atoms with Gasteiger partial charge in [0.25, 0.3) is 0 Å². The van der Waals surface area contributed by atoms with Crippen LogP contribution in [0.25, 0.3) is 0 Å². The molecule has 0 aromatic heterocycles. The smallest absolute Gasteiger partial charge is 0.227 e. The number of nitrogens with zero attached hydrogens (tertiary/aromatic N) is 1. The lowest BCUT2D eigenvalue weighted by Crippen LogP contribution is -2.32. The standard InChI is InChI=1S/C20H20Cl2N2O2/c1-24(12-13-6-8-16(21)17(22)10-13)19(25)9-7-15-11-14-4-2-3-5-18(14)23-20(15)26/h2-6,8,10,15H,7,9,11-12H2,1H3,(H,23,26). The molecule has 0 fully saturated rings. The van der Waals surface area contributed by atoms with Crippen molar-refractivity contribution >= 4 is 40.7 Å². The van der Waals surface area contributed by atoms with Crippen molar-refractivity contribution in [3.63, 3.8) is 0 Å². The van der Waals surface area contributed by atoms with Crippen molar-refractivity contribution < 1.29 is 9.59 Å². The average molecular weight is 391 g/mol. The molecular weight excluding hydrogens is 371 g/mol. The van der Waals surface area contributed by atoms with Crippen molar-refractivity contribution in [1.29, 1.82) is 0 Å². The van der Waals surface area contributed by atoms with Crippen LogP contribution in [0.5, 0.6) is 0 Å². The lowest BCUT2D eigenvalue weighted by molar-refractivity contribution is -0.131. The number of carbonyl (C=O) groups excluding carboxylic acids is 2. The predicted molar refractivity (Wildman–Crippen MR) is 104 cm³/mol. The van der Waals surface area contributed by atoms with Crippen molar-refractivity contribution in [3.05, 3.63) is 63.6 Å². The van der Waals surface area contributed by atoms with Crippen molar-refractivity contribution in [1.82, 2.24) is 4.90 Å². The molecule has 4 nitrogen and oxygen atoms in total. The van der Waals surface area contributed by atoms with E-state index in [9.17, 15) is 9.59 Å². The zero-order valence-corrected chi connectivity index (χ0v) is 16.0. The minimum atomic E-state index is -0.174. The summed E-state index contributed by atoms with van der Waals surface area (Å²) in [5.41, 5.74) is 2.91. The molecule has 2 aromatic rings. The number of rotatable bonds is 5. The van der Waals surface area contributed by atoms with Gasteiger partial charge in [-0.3, -0.25) is 9.59 Å². The van der Waals surface area contributed by atoms with E-state index in [1.54, 1.807) is 24.1 Å². The fourth-order valence-corrected chi connectivity index (χ4v) is 3.46. The molecule has 1 aliphatic heterocycles. The van der Waals surface area contributed by atoms with Gasteiger partial charge in [-0.2, -0.15) is 0 Å². The summed E-state index contributed by atoms with van der Waals surface area (Å²) in [5, 5.41) is 3.89.